The molecule has 0 spiro atoms. The van der Waals surface area contributed by atoms with Crippen LogP contribution in [-0.2, 0) is 9.53 Å². The lowest BCUT2D eigenvalue weighted by Crippen LogP contribution is -2.49. The summed E-state index contributed by atoms with van der Waals surface area (Å²) in [7, 11) is 1.36. The third-order valence-corrected chi connectivity index (χ3v) is 4.74. The van der Waals surface area contributed by atoms with Gasteiger partial charge in [0.05, 0.1) is 12.7 Å². The van der Waals surface area contributed by atoms with Crippen LogP contribution < -0.4 is 10.2 Å². The number of para-hydroxylation sites is 2. The molecule has 1 heterocycles. The van der Waals surface area contributed by atoms with Crippen LogP contribution in [0.15, 0.2) is 54.6 Å². The van der Waals surface area contributed by atoms with E-state index >= 15 is 0 Å². The number of ether oxygens (including phenoxy) is 1. The van der Waals surface area contributed by atoms with E-state index in [1.165, 1.54) is 12.8 Å². The van der Waals surface area contributed by atoms with E-state index in [4.69, 9.17) is 4.74 Å². The topological polar surface area (TPSA) is 61.9 Å². The van der Waals surface area contributed by atoms with Crippen LogP contribution in [0.3, 0.4) is 0 Å². The van der Waals surface area contributed by atoms with Crippen molar-refractivity contribution >= 4 is 23.3 Å². The molecule has 6 heteroatoms. The number of rotatable bonds is 6. The highest BCUT2D eigenvalue weighted by molar-refractivity contribution is 5.95. The number of amides is 1. The normalized spacial score (nSPS) is 14.0. The Bertz CT molecular complexity index is 771. The Labute approximate surface area is 159 Å². The molecule has 0 saturated carbocycles. The summed E-state index contributed by atoms with van der Waals surface area (Å²) in [6.45, 7) is 3.62. The minimum absolute atomic E-state index is 0.130. The number of nitrogens with zero attached hydrogens (tertiary/aromatic N) is 2. The zero-order chi connectivity index (χ0) is 19.1. The second-order valence-corrected chi connectivity index (χ2v) is 6.42. The molecule has 1 saturated heterocycles. The average Bonchev–Trinajstić information content (AvgIpc) is 2.74. The van der Waals surface area contributed by atoms with Gasteiger partial charge in [0.2, 0.25) is 5.91 Å². The standard InChI is InChI=1S/C21H25N3O3/c1-27-21(26)18-9-5-6-10-19(18)22-12-11-20(25)24-15-13-23(14-16-24)17-7-3-2-4-8-17/h2-10,22H,11-16H2,1H3. The van der Waals surface area contributed by atoms with Crippen LogP contribution in [0.2, 0.25) is 0 Å². The molecule has 0 unspecified atom stereocenters. The van der Waals surface area contributed by atoms with Crippen LogP contribution in [0.4, 0.5) is 11.4 Å². The number of carbonyl (C=O) groups excluding carboxylic acids is 2. The van der Waals surface area contributed by atoms with Gasteiger partial charge < -0.3 is 19.9 Å². The predicted molar refractivity (Wildman–Crippen MR) is 106 cm³/mol. The molecule has 0 aromatic heterocycles. The fourth-order valence-electron chi connectivity index (χ4n) is 3.24. The first kappa shape index (κ1) is 18.8. The van der Waals surface area contributed by atoms with Crippen molar-refractivity contribution in [2.24, 2.45) is 0 Å². The number of methoxy groups -OCH3 is 1. The van der Waals surface area contributed by atoms with E-state index in [0.29, 0.717) is 24.2 Å². The number of hydrogen-bond acceptors (Lipinski definition) is 5. The summed E-state index contributed by atoms with van der Waals surface area (Å²) in [6.07, 6.45) is 0.390. The smallest absolute Gasteiger partial charge is 0.339 e. The van der Waals surface area contributed by atoms with Crippen LogP contribution in [0.1, 0.15) is 16.8 Å². The summed E-state index contributed by atoms with van der Waals surface area (Å²) in [5.41, 5.74) is 2.36. The van der Waals surface area contributed by atoms with E-state index in [1.54, 1.807) is 12.1 Å². The van der Waals surface area contributed by atoms with E-state index in [2.05, 4.69) is 22.3 Å². The predicted octanol–water partition coefficient (Wildman–Crippen LogP) is 2.62. The van der Waals surface area contributed by atoms with Crippen molar-refractivity contribution in [3.05, 3.63) is 60.2 Å². The van der Waals surface area contributed by atoms with Crippen molar-refractivity contribution in [1.29, 1.82) is 0 Å². The van der Waals surface area contributed by atoms with Crippen LogP contribution in [0.25, 0.3) is 0 Å². The fraction of sp³-hybridized carbons (Fsp3) is 0.333. The maximum atomic E-state index is 12.5. The zero-order valence-electron chi connectivity index (χ0n) is 15.6. The van der Waals surface area contributed by atoms with Gasteiger partial charge in [0.15, 0.2) is 0 Å². The van der Waals surface area contributed by atoms with E-state index < -0.39 is 0 Å². The van der Waals surface area contributed by atoms with E-state index in [-0.39, 0.29) is 11.9 Å². The maximum Gasteiger partial charge on any atom is 0.339 e. The molecule has 1 aliphatic heterocycles. The monoisotopic (exact) mass is 367 g/mol. The van der Waals surface area contributed by atoms with Gasteiger partial charge in [-0.1, -0.05) is 30.3 Å². The van der Waals surface area contributed by atoms with Crippen molar-refractivity contribution < 1.29 is 14.3 Å². The Balaban J connectivity index is 1.46. The SMILES string of the molecule is COC(=O)c1ccccc1NCCC(=O)N1CCN(c2ccccc2)CC1. The quantitative estimate of drug-likeness (QED) is 0.796. The molecule has 2 aromatic carbocycles. The molecule has 0 bridgehead atoms. The molecule has 1 N–H and O–H groups in total. The van der Waals surface area contributed by atoms with Crippen LogP contribution in [0, 0.1) is 0 Å². The minimum atomic E-state index is -0.388. The van der Waals surface area contributed by atoms with Crippen LogP contribution in [0.5, 0.6) is 0 Å². The summed E-state index contributed by atoms with van der Waals surface area (Å²) in [6, 6.07) is 17.4. The number of nitrogens with one attached hydrogen (secondary N) is 1. The molecular formula is C21H25N3O3. The van der Waals surface area contributed by atoms with Gasteiger partial charge in [-0.15, -0.1) is 0 Å². The maximum absolute atomic E-state index is 12.5. The van der Waals surface area contributed by atoms with E-state index in [0.717, 1.165) is 26.2 Å². The Morgan fingerprint density at radius 2 is 1.63 bits per heavy atom. The lowest BCUT2D eigenvalue weighted by atomic mass is 10.1. The van der Waals surface area contributed by atoms with Crippen LogP contribution >= 0.6 is 0 Å². The Hall–Kier alpha value is -3.02. The lowest BCUT2D eigenvalue weighted by Gasteiger charge is -2.36. The zero-order valence-corrected chi connectivity index (χ0v) is 15.6. The molecule has 6 nitrogen and oxygen atoms in total. The molecule has 2 aromatic rings. The summed E-state index contributed by atoms with van der Waals surface area (Å²) in [4.78, 5) is 28.5. The van der Waals surface area contributed by atoms with Crippen molar-refractivity contribution in [2.75, 3.05) is 50.1 Å². The summed E-state index contributed by atoms with van der Waals surface area (Å²) < 4.78 is 4.79. The second kappa shape index (κ2) is 9.07. The summed E-state index contributed by atoms with van der Waals surface area (Å²) in [5.74, 6) is -0.257. The lowest BCUT2D eigenvalue weighted by molar-refractivity contribution is -0.131. The van der Waals surface area contributed by atoms with E-state index in [1.807, 2.05) is 35.2 Å². The van der Waals surface area contributed by atoms with Gasteiger partial charge in [0.1, 0.15) is 0 Å². The number of piperazine rings is 1. The molecule has 1 aliphatic rings. The Morgan fingerprint density at radius 3 is 2.33 bits per heavy atom. The number of hydrogen-bond donors (Lipinski definition) is 1. The largest absolute Gasteiger partial charge is 0.465 e. The first-order valence-corrected chi connectivity index (χ1v) is 9.18. The number of benzene rings is 2. The first-order chi connectivity index (χ1) is 13.2. The third kappa shape index (κ3) is 4.78. The third-order valence-electron chi connectivity index (χ3n) is 4.74. The molecule has 0 aliphatic carbocycles. The van der Waals surface area contributed by atoms with Gasteiger partial charge in [-0.3, -0.25) is 4.79 Å². The Morgan fingerprint density at radius 1 is 0.963 bits per heavy atom. The van der Waals surface area contributed by atoms with Gasteiger partial charge in [0.25, 0.3) is 0 Å². The van der Waals surface area contributed by atoms with Gasteiger partial charge >= 0.3 is 5.97 Å². The van der Waals surface area contributed by atoms with Crippen molar-refractivity contribution in [3.63, 3.8) is 0 Å². The van der Waals surface area contributed by atoms with Gasteiger partial charge in [-0.05, 0) is 24.3 Å². The molecule has 1 amide bonds. The molecule has 27 heavy (non-hydrogen) atoms. The first-order valence-electron chi connectivity index (χ1n) is 9.18. The highest BCUT2D eigenvalue weighted by Gasteiger charge is 2.21. The van der Waals surface area contributed by atoms with Gasteiger partial charge in [0, 0.05) is 50.5 Å². The number of anilines is 2. The van der Waals surface area contributed by atoms with Crippen molar-refractivity contribution in [2.45, 2.75) is 6.42 Å². The number of carbonyl (C=O) groups is 2. The van der Waals surface area contributed by atoms with E-state index in [9.17, 15) is 9.59 Å². The molecule has 1 fully saturated rings. The van der Waals surface area contributed by atoms with Crippen LogP contribution in [-0.4, -0.2) is 56.6 Å². The second-order valence-electron chi connectivity index (χ2n) is 6.42. The molecular weight excluding hydrogens is 342 g/mol. The van der Waals surface area contributed by atoms with Gasteiger partial charge in [-0.2, -0.15) is 0 Å². The van der Waals surface area contributed by atoms with Crippen molar-refractivity contribution in [1.82, 2.24) is 4.90 Å². The highest BCUT2D eigenvalue weighted by Crippen LogP contribution is 2.17. The summed E-state index contributed by atoms with van der Waals surface area (Å²) >= 11 is 0. The number of esters is 1. The molecule has 3 rings (SSSR count). The molecule has 142 valence electrons. The van der Waals surface area contributed by atoms with Crippen molar-refractivity contribution in [3.8, 4) is 0 Å². The highest BCUT2D eigenvalue weighted by atomic mass is 16.5. The van der Waals surface area contributed by atoms with Gasteiger partial charge in [-0.25, -0.2) is 4.79 Å². The fourth-order valence-corrected chi connectivity index (χ4v) is 3.24. The average molecular weight is 367 g/mol. The Kier molecular flexibility index (Phi) is 6.30. The molecule has 0 atom stereocenters. The molecule has 0 radical (unpaired) electrons. The summed E-state index contributed by atoms with van der Waals surface area (Å²) in [5, 5.41) is 3.17. The minimum Gasteiger partial charge on any atom is -0.465 e.